The highest BCUT2D eigenvalue weighted by atomic mass is 15.0. The Balaban J connectivity index is 2.64. The molecule has 0 aliphatic heterocycles. The summed E-state index contributed by atoms with van der Waals surface area (Å²) < 4.78 is 0. The van der Waals surface area contributed by atoms with Gasteiger partial charge in [0.2, 0.25) is 0 Å². The Kier molecular flexibility index (Phi) is 3.50. The van der Waals surface area contributed by atoms with Crippen LogP contribution in [0.15, 0.2) is 36.8 Å². The van der Waals surface area contributed by atoms with Crippen molar-refractivity contribution in [1.82, 2.24) is 9.88 Å². The van der Waals surface area contributed by atoms with Gasteiger partial charge in [-0.15, -0.1) is 0 Å². The molecule has 0 amide bonds. The van der Waals surface area contributed by atoms with E-state index in [4.69, 9.17) is 0 Å². The average molecular weight is 176 g/mol. The van der Waals surface area contributed by atoms with Gasteiger partial charge in [0.05, 0.1) is 0 Å². The lowest BCUT2D eigenvalue weighted by atomic mass is 10.0. The van der Waals surface area contributed by atoms with Crippen LogP contribution in [0.5, 0.6) is 0 Å². The van der Waals surface area contributed by atoms with Gasteiger partial charge in [-0.05, 0) is 23.9 Å². The van der Waals surface area contributed by atoms with Crippen molar-refractivity contribution in [3.8, 4) is 0 Å². The van der Waals surface area contributed by atoms with Crippen molar-refractivity contribution in [2.45, 2.75) is 12.8 Å². The first-order chi connectivity index (χ1) is 6.20. The third kappa shape index (κ3) is 3.28. The summed E-state index contributed by atoms with van der Waals surface area (Å²) in [6.45, 7) is 2.18. The summed E-state index contributed by atoms with van der Waals surface area (Å²) in [6, 6.07) is 4.09. The molecule has 70 valence electrons. The van der Waals surface area contributed by atoms with Gasteiger partial charge in [0.15, 0.2) is 0 Å². The summed E-state index contributed by atoms with van der Waals surface area (Å²) in [5, 5.41) is 0. The summed E-state index contributed by atoms with van der Waals surface area (Å²) >= 11 is 0. The van der Waals surface area contributed by atoms with Gasteiger partial charge in [-0.2, -0.15) is 0 Å². The van der Waals surface area contributed by atoms with Crippen LogP contribution in [0, 0.1) is 0 Å². The van der Waals surface area contributed by atoms with Gasteiger partial charge >= 0.3 is 0 Å². The number of nitrogens with zero attached hydrogens (tertiary/aromatic N) is 2. The number of pyridine rings is 1. The molecular weight excluding hydrogens is 160 g/mol. The minimum absolute atomic E-state index is 0.449. The molecule has 0 aliphatic carbocycles. The quantitative estimate of drug-likeness (QED) is 0.702. The Hall–Kier alpha value is -1.31. The molecule has 1 heterocycles. The molecule has 1 atom stereocenters. The molecule has 0 saturated heterocycles. The van der Waals surface area contributed by atoms with E-state index >= 15 is 0 Å². The Morgan fingerprint density at radius 1 is 1.31 bits per heavy atom. The van der Waals surface area contributed by atoms with Gasteiger partial charge in [-0.25, -0.2) is 0 Å². The van der Waals surface area contributed by atoms with Crippen LogP contribution in [0.1, 0.15) is 18.4 Å². The van der Waals surface area contributed by atoms with E-state index in [0.717, 1.165) is 0 Å². The Morgan fingerprint density at radius 2 is 1.92 bits per heavy atom. The predicted octanol–water partition coefficient (Wildman–Crippen LogP) is 2.26. The second kappa shape index (κ2) is 4.65. The minimum Gasteiger partial charge on any atom is -0.384 e. The molecule has 1 rings (SSSR count). The van der Waals surface area contributed by atoms with Crippen LogP contribution in [0.2, 0.25) is 0 Å². The van der Waals surface area contributed by atoms with Crippen molar-refractivity contribution in [2.75, 3.05) is 14.1 Å². The largest absolute Gasteiger partial charge is 0.384 e. The van der Waals surface area contributed by atoms with Crippen LogP contribution in [-0.4, -0.2) is 24.0 Å². The molecule has 1 aromatic rings. The summed E-state index contributed by atoms with van der Waals surface area (Å²) in [5.41, 5.74) is 1.30. The van der Waals surface area contributed by atoms with Gasteiger partial charge in [-0.3, -0.25) is 4.98 Å². The number of allylic oxidation sites excluding steroid dienone is 1. The third-order valence-corrected chi connectivity index (χ3v) is 1.90. The normalized spacial score (nSPS) is 13.2. The van der Waals surface area contributed by atoms with Crippen molar-refractivity contribution in [2.24, 2.45) is 0 Å². The number of hydrogen-bond donors (Lipinski definition) is 0. The summed E-state index contributed by atoms with van der Waals surface area (Å²) in [7, 11) is 4.05. The molecule has 0 fully saturated rings. The van der Waals surface area contributed by atoms with Gasteiger partial charge in [-0.1, -0.05) is 13.0 Å². The molecule has 0 aromatic carbocycles. The zero-order valence-electron chi connectivity index (χ0n) is 8.44. The Labute approximate surface area is 79.9 Å². The molecule has 2 nitrogen and oxygen atoms in total. The van der Waals surface area contributed by atoms with Crippen molar-refractivity contribution in [3.05, 3.63) is 42.4 Å². The molecule has 0 aliphatic rings. The highest BCUT2D eigenvalue weighted by Gasteiger charge is 1.98. The van der Waals surface area contributed by atoms with Gasteiger partial charge in [0.1, 0.15) is 0 Å². The first-order valence-corrected chi connectivity index (χ1v) is 4.45. The molecule has 0 radical (unpaired) electrons. The van der Waals surface area contributed by atoms with Crippen molar-refractivity contribution >= 4 is 0 Å². The lowest BCUT2D eigenvalue weighted by molar-refractivity contribution is 0.559. The molecule has 0 saturated carbocycles. The summed E-state index contributed by atoms with van der Waals surface area (Å²) in [4.78, 5) is 6.03. The second-order valence-electron chi connectivity index (χ2n) is 3.37. The van der Waals surface area contributed by atoms with E-state index in [2.05, 4.69) is 24.2 Å². The summed E-state index contributed by atoms with van der Waals surface area (Å²) in [6.07, 6.45) is 7.91. The van der Waals surface area contributed by atoms with Crippen molar-refractivity contribution in [3.63, 3.8) is 0 Å². The summed E-state index contributed by atoms with van der Waals surface area (Å²) in [5.74, 6) is 0.449. The first-order valence-electron chi connectivity index (χ1n) is 4.45. The van der Waals surface area contributed by atoms with E-state index in [9.17, 15) is 0 Å². The van der Waals surface area contributed by atoms with Crippen molar-refractivity contribution in [1.29, 1.82) is 0 Å². The van der Waals surface area contributed by atoms with E-state index in [1.807, 2.05) is 43.5 Å². The lowest BCUT2D eigenvalue weighted by Gasteiger charge is -2.08. The standard InChI is InChI=1S/C11H16N2/c1-10(6-9-13(2)3)11-4-7-12-8-5-11/h4-10H,1-3H3. The molecule has 1 aromatic heterocycles. The average Bonchev–Trinajstić information content (AvgIpc) is 2.15. The predicted molar refractivity (Wildman–Crippen MR) is 55.5 cm³/mol. The SMILES string of the molecule is CC(C=CN(C)C)c1ccncc1. The molecule has 2 heteroatoms. The smallest absolute Gasteiger partial charge is 0.0270 e. The van der Waals surface area contributed by atoms with Crippen LogP contribution < -0.4 is 0 Å². The molecule has 0 bridgehead atoms. The van der Waals surface area contributed by atoms with Crippen LogP contribution in [-0.2, 0) is 0 Å². The lowest BCUT2D eigenvalue weighted by Crippen LogP contribution is -2.01. The molecular formula is C11H16N2. The fourth-order valence-corrected chi connectivity index (χ4v) is 1.08. The molecule has 13 heavy (non-hydrogen) atoms. The Bertz CT molecular complexity index is 265. The van der Waals surface area contributed by atoms with E-state index in [-0.39, 0.29) is 0 Å². The van der Waals surface area contributed by atoms with Gasteiger partial charge < -0.3 is 4.90 Å². The topological polar surface area (TPSA) is 16.1 Å². The number of hydrogen-bond acceptors (Lipinski definition) is 2. The molecule has 1 unspecified atom stereocenters. The monoisotopic (exact) mass is 176 g/mol. The zero-order valence-corrected chi connectivity index (χ0v) is 8.44. The van der Waals surface area contributed by atoms with Crippen LogP contribution >= 0.6 is 0 Å². The third-order valence-electron chi connectivity index (χ3n) is 1.90. The van der Waals surface area contributed by atoms with Crippen LogP contribution in [0.25, 0.3) is 0 Å². The molecule has 0 spiro atoms. The first kappa shape index (κ1) is 9.78. The highest BCUT2D eigenvalue weighted by Crippen LogP contribution is 2.14. The van der Waals surface area contributed by atoms with E-state index in [0.29, 0.717) is 5.92 Å². The minimum atomic E-state index is 0.449. The maximum absolute atomic E-state index is 3.99. The van der Waals surface area contributed by atoms with E-state index in [1.165, 1.54) is 5.56 Å². The molecule has 0 N–H and O–H groups in total. The zero-order chi connectivity index (χ0) is 9.68. The van der Waals surface area contributed by atoms with E-state index < -0.39 is 0 Å². The van der Waals surface area contributed by atoms with Crippen molar-refractivity contribution < 1.29 is 0 Å². The maximum Gasteiger partial charge on any atom is 0.0270 e. The fourth-order valence-electron chi connectivity index (χ4n) is 1.08. The number of aromatic nitrogens is 1. The fraction of sp³-hybridized carbons (Fsp3) is 0.364. The van der Waals surface area contributed by atoms with Crippen LogP contribution in [0.3, 0.4) is 0 Å². The van der Waals surface area contributed by atoms with Gasteiger partial charge in [0.25, 0.3) is 0 Å². The number of rotatable bonds is 3. The van der Waals surface area contributed by atoms with Crippen LogP contribution in [0.4, 0.5) is 0 Å². The van der Waals surface area contributed by atoms with Gasteiger partial charge in [0, 0.05) is 32.4 Å². The van der Waals surface area contributed by atoms with E-state index in [1.54, 1.807) is 0 Å². The Morgan fingerprint density at radius 3 is 2.46 bits per heavy atom. The highest BCUT2D eigenvalue weighted by molar-refractivity contribution is 5.19. The maximum atomic E-state index is 3.99. The second-order valence-corrected chi connectivity index (χ2v) is 3.37.